The lowest BCUT2D eigenvalue weighted by molar-refractivity contribution is 0.682. The van der Waals surface area contributed by atoms with Gasteiger partial charge in [-0.3, -0.25) is 4.68 Å². The highest BCUT2D eigenvalue weighted by Crippen LogP contribution is 2.24. The maximum absolute atomic E-state index is 4.82. The normalized spacial score (nSPS) is 11.3. The highest BCUT2D eigenvalue weighted by atomic mass is 15.3. The van der Waals surface area contributed by atoms with E-state index in [4.69, 9.17) is 4.98 Å². The summed E-state index contributed by atoms with van der Waals surface area (Å²) < 4.78 is 3.84. The average Bonchev–Trinajstić information content (AvgIpc) is 3.36. The Kier molecular flexibility index (Phi) is 4.01. The van der Waals surface area contributed by atoms with E-state index in [1.54, 1.807) is 6.20 Å². The third kappa shape index (κ3) is 2.99. The summed E-state index contributed by atoms with van der Waals surface area (Å²) in [4.78, 5) is 4.82. The molecule has 5 rings (SSSR count). The van der Waals surface area contributed by atoms with E-state index in [9.17, 15) is 0 Å². The number of hydrogen-bond acceptors (Lipinski definition) is 4. The van der Waals surface area contributed by atoms with Gasteiger partial charge in [0.15, 0.2) is 5.65 Å². The molecule has 138 valence electrons. The van der Waals surface area contributed by atoms with Gasteiger partial charge in [-0.15, -0.1) is 0 Å². The van der Waals surface area contributed by atoms with Gasteiger partial charge in [0.1, 0.15) is 5.82 Å². The average molecular weight is 368 g/mol. The summed E-state index contributed by atoms with van der Waals surface area (Å²) in [6.45, 7) is 3.43. The van der Waals surface area contributed by atoms with Crippen LogP contribution in [0.1, 0.15) is 16.8 Å². The summed E-state index contributed by atoms with van der Waals surface area (Å²) in [5, 5.41) is 13.5. The van der Waals surface area contributed by atoms with Gasteiger partial charge in [0.05, 0.1) is 17.8 Å². The van der Waals surface area contributed by atoms with Gasteiger partial charge in [0.25, 0.3) is 0 Å². The van der Waals surface area contributed by atoms with Gasteiger partial charge in [0.2, 0.25) is 0 Å². The van der Waals surface area contributed by atoms with Gasteiger partial charge in [-0.2, -0.15) is 10.2 Å². The quantitative estimate of drug-likeness (QED) is 0.508. The van der Waals surface area contributed by atoms with E-state index < -0.39 is 0 Å². The van der Waals surface area contributed by atoms with Crippen molar-refractivity contribution in [2.75, 3.05) is 5.32 Å². The molecule has 28 heavy (non-hydrogen) atoms. The highest BCUT2D eigenvalue weighted by molar-refractivity contribution is 5.91. The fourth-order valence-electron chi connectivity index (χ4n) is 3.54. The third-order valence-electron chi connectivity index (χ3n) is 4.88. The molecule has 0 unspecified atom stereocenters. The lowest BCUT2D eigenvalue weighted by Crippen LogP contribution is -2.09. The molecular weight excluding hydrogens is 348 g/mol. The minimum absolute atomic E-state index is 0.692. The minimum Gasteiger partial charge on any atom is -0.365 e. The second kappa shape index (κ2) is 6.81. The Labute approximate surface area is 162 Å². The fourth-order valence-corrected chi connectivity index (χ4v) is 3.54. The van der Waals surface area contributed by atoms with Crippen LogP contribution in [0.15, 0.2) is 73.1 Å². The zero-order valence-corrected chi connectivity index (χ0v) is 15.6. The number of benzene rings is 2. The van der Waals surface area contributed by atoms with Crippen LogP contribution in [0.5, 0.6) is 0 Å². The smallest absolute Gasteiger partial charge is 0.158 e. The summed E-state index contributed by atoms with van der Waals surface area (Å²) in [7, 11) is 0. The third-order valence-corrected chi connectivity index (χ3v) is 4.88. The number of anilines is 1. The van der Waals surface area contributed by atoms with E-state index in [1.165, 1.54) is 11.1 Å². The van der Waals surface area contributed by atoms with Crippen molar-refractivity contribution >= 4 is 22.4 Å². The van der Waals surface area contributed by atoms with Crippen LogP contribution < -0.4 is 5.32 Å². The summed E-state index contributed by atoms with van der Waals surface area (Å²) in [5.41, 5.74) is 5.33. The molecule has 5 aromatic rings. The Balaban J connectivity index is 1.49. The lowest BCUT2D eigenvalue weighted by Gasteiger charge is -2.13. The molecule has 3 aromatic heterocycles. The Morgan fingerprint density at radius 1 is 0.964 bits per heavy atom. The van der Waals surface area contributed by atoms with Crippen molar-refractivity contribution in [3.05, 3.63) is 89.9 Å². The van der Waals surface area contributed by atoms with Gasteiger partial charge in [-0.25, -0.2) is 9.50 Å². The SMILES string of the molecule is Cc1cc2nc(NCc3ccccc3Cn3cccn3)c3ccccc3n2n1. The Hall–Kier alpha value is -3.67. The molecule has 0 spiro atoms. The summed E-state index contributed by atoms with van der Waals surface area (Å²) in [6, 6.07) is 20.6. The van der Waals surface area contributed by atoms with Crippen molar-refractivity contribution in [3.63, 3.8) is 0 Å². The van der Waals surface area contributed by atoms with E-state index in [-0.39, 0.29) is 0 Å². The van der Waals surface area contributed by atoms with Gasteiger partial charge in [-0.1, -0.05) is 36.4 Å². The van der Waals surface area contributed by atoms with Gasteiger partial charge < -0.3 is 5.32 Å². The Morgan fingerprint density at radius 2 is 1.79 bits per heavy atom. The molecule has 0 fully saturated rings. The molecule has 0 atom stereocenters. The maximum Gasteiger partial charge on any atom is 0.158 e. The van der Waals surface area contributed by atoms with Crippen LogP contribution in [-0.2, 0) is 13.1 Å². The van der Waals surface area contributed by atoms with Crippen molar-refractivity contribution in [1.29, 1.82) is 0 Å². The van der Waals surface area contributed by atoms with E-state index in [1.807, 2.05) is 46.6 Å². The maximum atomic E-state index is 4.82. The molecule has 0 aliphatic carbocycles. The first-order valence-corrected chi connectivity index (χ1v) is 9.31. The number of aryl methyl sites for hydroxylation is 1. The van der Waals surface area contributed by atoms with Crippen molar-refractivity contribution in [3.8, 4) is 0 Å². The minimum atomic E-state index is 0.692. The molecule has 0 aliphatic heterocycles. The van der Waals surface area contributed by atoms with Crippen LogP contribution >= 0.6 is 0 Å². The first-order valence-electron chi connectivity index (χ1n) is 9.31. The number of fused-ring (bicyclic) bond motifs is 3. The van der Waals surface area contributed by atoms with E-state index in [2.05, 4.69) is 51.9 Å². The van der Waals surface area contributed by atoms with Crippen LogP contribution in [-0.4, -0.2) is 24.4 Å². The van der Waals surface area contributed by atoms with Crippen LogP contribution in [0.2, 0.25) is 0 Å². The standard InChI is InChI=1S/C22H20N6/c1-16-13-21-25-22(19-9-4-5-10-20(19)28(21)26-16)23-14-17-7-2-3-8-18(17)15-27-12-6-11-24-27/h2-13H,14-15H2,1H3,(H,23,25). The molecular formula is C22H20N6. The summed E-state index contributed by atoms with van der Waals surface area (Å²) in [6.07, 6.45) is 3.79. The Bertz CT molecular complexity index is 1250. The number of aromatic nitrogens is 5. The predicted molar refractivity (Wildman–Crippen MR) is 110 cm³/mol. The molecule has 0 saturated carbocycles. The predicted octanol–water partition coefficient (Wildman–Crippen LogP) is 4.05. The van der Waals surface area contributed by atoms with Crippen LogP contribution in [0.25, 0.3) is 16.6 Å². The lowest BCUT2D eigenvalue weighted by atomic mass is 10.1. The van der Waals surface area contributed by atoms with Crippen LogP contribution in [0.4, 0.5) is 5.82 Å². The number of nitrogens with zero attached hydrogens (tertiary/aromatic N) is 5. The summed E-state index contributed by atoms with van der Waals surface area (Å²) in [5.74, 6) is 0.872. The van der Waals surface area contributed by atoms with Gasteiger partial charge in [-0.05, 0) is 36.2 Å². The molecule has 0 radical (unpaired) electrons. The van der Waals surface area contributed by atoms with Crippen molar-refractivity contribution in [1.82, 2.24) is 24.4 Å². The topological polar surface area (TPSA) is 60.0 Å². The molecule has 0 amide bonds. The zero-order valence-electron chi connectivity index (χ0n) is 15.6. The number of para-hydroxylation sites is 1. The number of hydrogen-bond donors (Lipinski definition) is 1. The second-order valence-corrected chi connectivity index (χ2v) is 6.86. The second-order valence-electron chi connectivity index (χ2n) is 6.86. The molecule has 0 bridgehead atoms. The van der Waals surface area contributed by atoms with E-state index in [0.29, 0.717) is 6.54 Å². The first-order chi connectivity index (χ1) is 13.8. The van der Waals surface area contributed by atoms with Crippen LogP contribution in [0, 0.1) is 6.92 Å². The first kappa shape index (κ1) is 16.5. The monoisotopic (exact) mass is 368 g/mol. The number of rotatable bonds is 5. The van der Waals surface area contributed by atoms with Crippen molar-refractivity contribution < 1.29 is 0 Å². The van der Waals surface area contributed by atoms with E-state index >= 15 is 0 Å². The number of nitrogens with one attached hydrogen (secondary N) is 1. The summed E-state index contributed by atoms with van der Waals surface area (Å²) >= 11 is 0. The molecule has 0 aliphatic rings. The molecule has 6 nitrogen and oxygen atoms in total. The molecule has 1 N–H and O–H groups in total. The van der Waals surface area contributed by atoms with Crippen LogP contribution in [0.3, 0.4) is 0 Å². The molecule has 3 heterocycles. The van der Waals surface area contributed by atoms with Gasteiger partial charge >= 0.3 is 0 Å². The largest absolute Gasteiger partial charge is 0.365 e. The van der Waals surface area contributed by atoms with E-state index in [0.717, 1.165) is 34.6 Å². The zero-order chi connectivity index (χ0) is 18.9. The Morgan fingerprint density at radius 3 is 2.64 bits per heavy atom. The van der Waals surface area contributed by atoms with Crippen molar-refractivity contribution in [2.24, 2.45) is 0 Å². The molecule has 6 heteroatoms. The highest BCUT2D eigenvalue weighted by Gasteiger charge is 2.10. The molecule has 2 aromatic carbocycles. The molecule has 0 saturated heterocycles. The van der Waals surface area contributed by atoms with Crippen molar-refractivity contribution in [2.45, 2.75) is 20.0 Å². The van der Waals surface area contributed by atoms with Gasteiger partial charge in [0, 0.05) is 30.4 Å². The fraction of sp³-hybridized carbons (Fsp3) is 0.136.